The Bertz CT molecular complexity index is 1110. The van der Waals surface area contributed by atoms with Gasteiger partial charge in [0.05, 0.1) is 13.4 Å². The lowest BCUT2D eigenvalue weighted by Gasteiger charge is -2.07. The van der Waals surface area contributed by atoms with E-state index in [1.807, 2.05) is 0 Å². The molecule has 0 aliphatic rings. The minimum absolute atomic E-state index is 0.00613. The van der Waals surface area contributed by atoms with Gasteiger partial charge < -0.3 is 24.4 Å². The van der Waals surface area contributed by atoms with Crippen LogP contribution < -0.4 is 15.2 Å². The van der Waals surface area contributed by atoms with Crippen molar-refractivity contribution in [1.82, 2.24) is 24.6 Å². The van der Waals surface area contributed by atoms with E-state index < -0.39 is 5.97 Å². The Hall–Kier alpha value is -4.15. The first kappa shape index (κ1) is 17.3. The van der Waals surface area contributed by atoms with E-state index in [9.17, 15) is 4.79 Å². The highest BCUT2D eigenvalue weighted by Crippen LogP contribution is 2.23. The van der Waals surface area contributed by atoms with Crippen LogP contribution in [0.5, 0.6) is 17.5 Å². The van der Waals surface area contributed by atoms with E-state index in [1.165, 1.54) is 17.9 Å². The summed E-state index contributed by atoms with van der Waals surface area (Å²) in [5, 5.41) is 4.21. The molecule has 0 atom stereocenters. The van der Waals surface area contributed by atoms with E-state index in [1.54, 1.807) is 36.4 Å². The van der Waals surface area contributed by atoms with E-state index in [4.69, 9.17) is 19.6 Å². The number of methoxy groups -OCH3 is 1. The Labute approximate surface area is 157 Å². The SMILES string of the molecule is COC(=O)COc1ccc(Oc2nc(N)n3nc(-c4ccco4)nc3n2)cc1. The molecule has 1 aromatic carbocycles. The normalized spacial score (nSPS) is 10.8. The lowest BCUT2D eigenvalue weighted by molar-refractivity contribution is -0.142. The van der Waals surface area contributed by atoms with Crippen molar-refractivity contribution in [3.63, 3.8) is 0 Å². The zero-order valence-electron chi connectivity index (χ0n) is 14.6. The molecule has 0 aliphatic heterocycles. The second-order valence-corrected chi connectivity index (χ2v) is 5.43. The molecule has 0 saturated carbocycles. The number of aromatic nitrogens is 5. The first-order valence-corrected chi connectivity index (χ1v) is 8.04. The number of hydrogen-bond acceptors (Lipinski definition) is 10. The van der Waals surface area contributed by atoms with Gasteiger partial charge in [-0.2, -0.15) is 19.5 Å². The molecule has 4 aromatic rings. The third kappa shape index (κ3) is 3.53. The van der Waals surface area contributed by atoms with Gasteiger partial charge in [0.25, 0.3) is 5.78 Å². The van der Waals surface area contributed by atoms with E-state index in [0.29, 0.717) is 23.1 Å². The molecule has 4 rings (SSSR count). The third-order valence-corrected chi connectivity index (χ3v) is 3.57. The molecule has 0 spiro atoms. The van der Waals surface area contributed by atoms with Crippen LogP contribution in [0, 0.1) is 0 Å². The lowest BCUT2D eigenvalue weighted by atomic mass is 10.3. The molecule has 3 aromatic heterocycles. The van der Waals surface area contributed by atoms with Crippen LogP contribution in [0.1, 0.15) is 0 Å². The molecule has 11 nitrogen and oxygen atoms in total. The number of fused-ring (bicyclic) bond motifs is 1. The molecule has 11 heteroatoms. The van der Waals surface area contributed by atoms with E-state index in [2.05, 4.69) is 24.8 Å². The predicted octanol–water partition coefficient (Wildman–Crippen LogP) is 1.71. The summed E-state index contributed by atoms with van der Waals surface area (Å²) in [6, 6.07) is 9.98. The Morgan fingerprint density at radius 3 is 2.64 bits per heavy atom. The maximum atomic E-state index is 11.1. The average Bonchev–Trinajstić information content (AvgIpc) is 3.37. The Balaban J connectivity index is 1.52. The standard InChI is InChI=1S/C17H14N6O5/c1-25-13(24)9-27-10-4-6-11(7-5-10)28-17-20-15(18)23-16(21-17)19-14(22-23)12-3-2-8-26-12/h2-8H,9H2,1H3,(H2,18,19,20,21,22). The van der Waals surface area contributed by atoms with E-state index in [-0.39, 0.29) is 24.3 Å². The number of ether oxygens (including phenoxy) is 3. The number of esters is 1. The number of anilines is 1. The van der Waals surface area contributed by atoms with E-state index in [0.717, 1.165) is 0 Å². The molecule has 0 amide bonds. The van der Waals surface area contributed by atoms with Gasteiger partial charge in [-0.15, -0.1) is 5.10 Å². The number of hydrogen-bond donors (Lipinski definition) is 1. The maximum Gasteiger partial charge on any atom is 0.343 e. The van der Waals surface area contributed by atoms with Crippen LogP contribution >= 0.6 is 0 Å². The van der Waals surface area contributed by atoms with Crippen molar-refractivity contribution < 1.29 is 23.4 Å². The molecule has 0 saturated heterocycles. The number of nitrogens with zero attached hydrogens (tertiary/aromatic N) is 5. The molecule has 142 valence electrons. The largest absolute Gasteiger partial charge is 0.482 e. The Morgan fingerprint density at radius 1 is 1.14 bits per heavy atom. The van der Waals surface area contributed by atoms with Gasteiger partial charge in [-0.05, 0) is 36.4 Å². The van der Waals surface area contributed by atoms with Gasteiger partial charge in [0.15, 0.2) is 12.4 Å². The van der Waals surface area contributed by atoms with Crippen molar-refractivity contribution >= 4 is 17.7 Å². The molecule has 0 fully saturated rings. The summed E-state index contributed by atoms with van der Waals surface area (Å²) in [7, 11) is 1.29. The first-order valence-electron chi connectivity index (χ1n) is 8.04. The summed E-state index contributed by atoms with van der Waals surface area (Å²) in [6.45, 7) is -0.183. The molecular weight excluding hydrogens is 368 g/mol. The van der Waals surface area contributed by atoms with Crippen molar-refractivity contribution in [2.75, 3.05) is 19.5 Å². The van der Waals surface area contributed by atoms with Gasteiger partial charge in [-0.25, -0.2) is 4.79 Å². The molecule has 2 N–H and O–H groups in total. The van der Waals surface area contributed by atoms with Crippen LogP contribution in [0.15, 0.2) is 47.1 Å². The number of furan rings is 1. The molecule has 3 heterocycles. The van der Waals surface area contributed by atoms with E-state index >= 15 is 0 Å². The summed E-state index contributed by atoms with van der Waals surface area (Å²) >= 11 is 0. The second-order valence-electron chi connectivity index (χ2n) is 5.43. The zero-order chi connectivity index (χ0) is 19.5. The van der Waals surface area contributed by atoms with Crippen molar-refractivity contribution in [3.05, 3.63) is 42.7 Å². The number of carbonyl (C=O) groups is 1. The smallest absolute Gasteiger partial charge is 0.343 e. The highest BCUT2D eigenvalue weighted by Gasteiger charge is 2.14. The highest BCUT2D eigenvalue weighted by atomic mass is 16.6. The quantitative estimate of drug-likeness (QED) is 0.490. The summed E-state index contributed by atoms with van der Waals surface area (Å²) in [6.07, 6.45) is 1.52. The van der Waals surface area contributed by atoms with Crippen molar-refractivity contribution in [2.24, 2.45) is 0 Å². The van der Waals surface area contributed by atoms with Gasteiger partial charge in [-0.3, -0.25) is 0 Å². The van der Waals surface area contributed by atoms with Crippen LogP contribution in [0.2, 0.25) is 0 Å². The van der Waals surface area contributed by atoms with Gasteiger partial charge >= 0.3 is 12.0 Å². The summed E-state index contributed by atoms with van der Waals surface area (Å²) in [5.41, 5.74) is 5.92. The third-order valence-electron chi connectivity index (χ3n) is 3.57. The summed E-state index contributed by atoms with van der Waals surface area (Å²) in [4.78, 5) is 23.6. The molecular formula is C17H14N6O5. The van der Waals surface area contributed by atoms with Crippen molar-refractivity contribution in [3.8, 4) is 29.1 Å². The Morgan fingerprint density at radius 2 is 1.93 bits per heavy atom. The fraction of sp³-hybridized carbons (Fsp3) is 0.118. The minimum atomic E-state index is -0.472. The average molecular weight is 382 g/mol. The number of nitrogens with two attached hydrogens (primary N) is 1. The van der Waals surface area contributed by atoms with Gasteiger partial charge in [0.2, 0.25) is 11.8 Å². The fourth-order valence-electron chi connectivity index (χ4n) is 2.25. The number of nitrogen functional groups attached to an aromatic ring is 1. The van der Waals surface area contributed by atoms with Crippen molar-refractivity contribution in [1.29, 1.82) is 0 Å². The Kier molecular flexibility index (Phi) is 4.46. The number of rotatable bonds is 6. The second kappa shape index (κ2) is 7.23. The molecule has 0 radical (unpaired) electrons. The maximum absolute atomic E-state index is 11.1. The summed E-state index contributed by atoms with van der Waals surface area (Å²) in [5.74, 6) is 1.54. The van der Waals surface area contributed by atoms with Crippen molar-refractivity contribution in [2.45, 2.75) is 0 Å². The van der Waals surface area contributed by atoms with Crippen LogP contribution in [0.4, 0.5) is 5.95 Å². The van der Waals surface area contributed by atoms with Crippen LogP contribution in [-0.4, -0.2) is 44.3 Å². The number of carbonyl (C=O) groups excluding carboxylic acids is 1. The topological polar surface area (TPSA) is 140 Å². The van der Waals surface area contributed by atoms with Gasteiger partial charge in [-0.1, -0.05) is 0 Å². The first-order chi connectivity index (χ1) is 13.6. The molecule has 0 bridgehead atoms. The minimum Gasteiger partial charge on any atom is -0.482 e. The van der Waals surface area contributed by atoms with Crippen LogP contribution in [-0.2, 0) is 9.53 Å². The highest BCUT2D eigenvalue weighted by molar-refractivity contribution is 5.70. The molecule has 0 unspecified atom stereocenters. The monoisotopic (exact) mass is 382 g/mol. The van der Waals surface area contributed by atoms with Crippen LogP contribution in [0.25, 0.3) is 17.4 Å². The molecule has 28 heavy (non-hydrogen) atoms. The van der Waals surface area contributed by atoms with Crippen LogP contribution in [0.3, 0.4) is 0 Å². The predicted molar refractivity (Wildman–Crippen MR) is 94.7 cm³/mol. The zero-order valence-corrected chi connectivity index (χ0v) is 14.6. The fourth-order valence-corrected chi connectivity index (χ4v) is 2.25. The molecule has 0 aliphatic carbocycles. The van der Waals surface area contributed by atoms with Gasteiger partial charge in [0, 0.05) is 0 Å². The number of benzene rings is 1. The summed E-state index contributed by atoms with van der Waals surface area (Å²) < 4.78 is 21.9. The lowest BCUT2D eigenvalue weighted by Crippen LogP contribution is -2.12. The van der Waals surface area contributed by atoms with Gasteiger partial charge in [0.1, 0.15) is 11.5 Å².